The highest BCUT2D eigenvalue weighted by molar-refractivity contribution is 7.80. The summed E-state index contributed by atoms with van der Waals surface area (Å²) in [6.45, 7) is 0. The van der Waals surface area contributed by atoms with Crippen molar-refractivity contribution in [3.63, 3.8) is 0 Å². The van der Waals surface area contributed by atoms with Gasteiger partial charge >= 0.3 is 0 Å². The predicted octanol–water partition coefficient (Wildman–Crippen LogP) is 1.51. The zero-order chi connectivity index (χ0) is 12.1. The minimum Gasteiger partial charge on any atom is -0.455 e. The van der Waals surface area contributed by atoms with Crippen LogP contribution in [0.4, 0.5) is 0 Å². The van der Waals surface area contributed by atoms with Crippen molar-refractivity contribution < 1.29 is 4.42 Å². The van der Waals surface area contributed by atoms with Crippen molar-refractivity contribution in [3.05, 3.63) is 42.4 Å². The monoisotopic (exact) mass is 246 g/mol. The Labute approximate surface area is 103 Å². The maximum atomic E-state index is 5.55. The summed E-state index contributed by atoms with van der Waals surface area (Å²) in [5.74, 6) is 1.37. The van der Waals surface area contributed by atoms with Crippen LogP contribution in [-0.4, -0.2) is 16.3 Å². The van der Waals surface area contributed by atoms with E-state index < -0.39 is 0 Å². The maximum absolute atomic E-state index is 5.55. The third-order valence-electron chi connectivity index (χ3n) is 1.96. The fraction of sp³-hybridized carbons (Fsp3) is 0. The molecule has 17 heavy (non-hydrogen) atoms. The number of hydrazone groups is 1. The number of nitrogens with one attached hydrogen (secondary N) is 1. The summed E-state index contributed by atoms with van der Waals surface area (Å²) in [5.41, 5.74) is 8.63. The molecule has 0 saturated carbocycles. The van der Waals surface area contributed by atoms with E-state index in [4.69, 9.17) is 10.2 Å². The van der Waals surface area contributed by atoms with Gasteiger partial charge in [-0.1, -0.05) is 0 Å². The van der Waals surface area contributed by atoms with E-state index in [1.807, 2.05) is 18.2 Å². The molecule has 0 aliphatic heterocycles. The quantitative estimate of drug-likeness (QED) is 0.487. The molecule has 0 bridgehead atoms. The SMILES string of the molecule is NC(=S)N/N=C/c1ccc(-c2ccncc2)o1. The number of aromatic nitrogens is 1. The first-order chi connectivity index (χ1) is 8.25. The molecular formula is C11H10N4OS. The van der Waals surface area contributed by atoms with Gasteiger partial charge < -0.3 is 10.2 Å². The van der Waals surface area contributed by atoms with Crippen LogP contribution >= 0.6 is 12.2 Å². The molecule has 0 fully saturated rings. The lowest BCUT2D eigenvalue weighted by Crippen LogP contribution is -2.23. The summed E-state index contributed by atoms with van der Waals surface area (Å²) in [6.07, 6.45) is 4.92. The van der Waals surface area contributed by atoms with E-state index in [1.54, 1.807) is 18.5 Å². The fourth-order valence-corrected chi connectivity index (χ4v) is 1.31. The zero-order valence-corrected chi connectivity index (χ0v) is 9.65. The van der Waals surface area contributed by atoms with Crippen LogP contribution in [0.25, 0.3) is 11.3 Å². The molecule has 0 aromatic carbocycles. The molecule has 0 saturated heterocycles. The first-order valence-electron chi connectivity index (χ1n) is 4.84. The predicted molar refractivity (Wildman–Crippen MR) is 69.5 cm³/mol. The first kappa shape index (κ1) is 11.3. The second-order valence-electron chi connectivity index (χ2n) is 3.17. The normalized spacial score (nSPS) is 10.6. The number of thiocarbonyl (C=S) groups is 1. The lowest BCUT2D eigenvalue weighted by Gasteiger charge is -1.94. The van der Waals surface area contributed by atoms with Gasteiger partial charge in [0.15, 0.2) is 5.11 Å². The molecule has 0 unspecified atom stereocenters. The molecule has 2 rings (SSSR count). The standard InChI is InChI=1S/C11H10N4OS/c12-11(17)15-14-7-9-1-2-10(16-9)8-3-5-13-6-4-8/h1-7H,(H3,12,15,17)/b14-7+. The van der Waals surface area contributed by atoms with Gasteiger partial charge in [0.05, 0.1) is 6.21 Å². The average Bonchev–Trinajstić information content (AvgIpc) is 2.78. The highest BCUT2D eigenvalue weighted by Gasteiger charge is 2.02. The number of hydrogen-bond donors (Lipinski definition) is 2. The number of furan rings is 1. The molecule has 3 N–H and O–H groups in total. The van der Waals surface area contributed by atoms with Crippen LogP contribution in [0.1, 0.15) is 5.76 Å². The minimum absolute atomic E-state index is 0.113. The molecular weight excluding hydrogens is 236 g/mol. The van der Waals surface area contributed by atoms with Crippen molar-refractivity contribution in [1.82, 2.24) is 10.4 Å². The Bertz CT molecular complexity index is 535. The number of pyridine rings is 1. The highest BCUT2D eigenvalue weighted by atomic mass is 32.1. The summed E-state index contributed by atoms with van der Waals surface area (Å²) < 4.78 is 5.55. The lowest BCUT2D eigenvalue weighted by molar-refractivity contribution is 0.574. The molecule has 6 heteroatoms. The van der Waals surface area contributed by atoms with Crippen molar-refractivity contribution in [2.45, 2.75) is 0 Å². The Kier molecular flexibility index (Phi) is 3.46. The lowest BCUT2D eigenvalue weighted by atomic mass is 10.2. The Hall–Kier alpha value is -2.21. The van der Waals surface area contributed by atoms with E-state index in [-0.39, 0.29) is 5.11 Å². The van der Waals surface area contributed by atoms with E-state index in [9.17, 15) is 0 Å². The molecule has 0 spiro atoms. The largest absolute Gasteiger partial charge is 0.455 e. The van der Waals surface area contributed by atoms with Crippen LogP contribution < -0.4 is 11.2 Å². The Balaban J connectivity index is 2.11. The van der Waals surface area contributed by atoms with Crippen LogP contribution in [0.2, 0.25) is 0 Å². The summed E-state index contributed by atoms with van der Waals surface area (Å²) in [6, 6.07) is 7.40. The number of nitrogens with zero attached hydrogens (tertiary/aromatic N) is 2. The molecule has 2 heterocycles. The van der Waals surface area contributed by atoms with Crippen molar-refractivity contribution in [2.24, 2.45) is 10.8 Å². The van der Waals surface area contributed by atoms with Gasteiger partial charge in [0.25, 0.3) is 0 Å². The smallest absolute Gasteiger partial charge is 0.184 e. The molecule has 0 radical (unpaired) electrons. The number of hydrogen-bond acceptors (Lipinski definition) is 4. The van der Waals surface area contributed by atoms with E-state index in [1.165, 1.54) is 6.21 Å². The second-order valence-corrected chi connectivity index (χ2v) is 3.61. The van der Waals surface area contributed by atoms with Gasteiger partial charge in [-0.05, 0) is 36.5 Å². The van der Waals surface area contributed by atoms with Gasteiger partial charge in [-0.25, -0.2) is 0 Å². The molecule has 0 aliphatic rings. The molecule has 0 amide bonds. The fourth-order valence-electron chi connectivity index (χ4n) is 1.25. The summed E-state index contributed by atoms with van der Waals surface area (Å²) in [4.78, 5) is 3.94. The van der Waals surface area contributed by atoms with Crippen LogP contribution in [-0.2, 0) is 0 Å². The number of rotatable bonds is 3. The van der Waals surface area contributed by atoms with Crippen LogP contribution in [0, 0.1) is 0 Å². The third kappa shape index (κ3) is 3.12. The third-order valence-corrected chi connectivity index (χ3v) is 2.05. The van der Waals surface area contributed by atoms with Crippen LogP contribution in [0.3, 0.4) is 0 Å². The van der Waals surface area contributed by atoms with Crippen LogP contribution in [0.15, 0.2) is 46.2 Å². The molecule has 0 atom stereocenters. The Morgan fingerprint density at radius 3 is 2.82 bits per heavy atom. The topological polar surface area (TPSA) is 76.4 Å². The van der Waals surface area contributed by atoms with E-state index in [0.29, 0.717) is 5.76 Å². The van der Waals surface area contributed by atoms with Crippen molar-refractivity contribution in [1.29, 1.82) is 0 Å². The average molecular weight is 246 g/mol. The maximum Gasteiger partial charge on any atom is 0.184 e. The molecule has 2 aromatic heterocycles. The molecule has 5 nitrogen and oxygen atoms in total. The van der Waals surface area contributed by atoms with Crippen LogP contribution in [0.5, 0.6) is 0 Å². The summed E-state index contributed by atoms with van der Waals surface area (Å²) >= 11 is 4.61. The second kappa shape index (κ2) is 5.22. The summed E-state index contributed by atoms with van der Waals surface area (Å²) in [7, 11) is 0. The summed E-state index contributed by atoms with van der Waals surface area (Å²) in [5, 5.41) is 3.91. The van der Waals surface area contributed by atoms with E-state index >= 15 is 0 Å². The van der Waals surface area contributed by atoms with Gasteiger partial charge in [0.2, 0.25) is 0 Å². The van der Waals surface area contributed by atoms with Crippen molar-refractivity contribution in [2.75, 3.05) is 0 Å². The highest BCUT2D eigenvalue weighted by Crippen LogP contribution is 2.20. The van der Waals surface area contributed by atoms with Gasteiger partial charge in [-0.3, -0.25) is 10.4 Å². The van der Waals surface area contributed by atoms with Gasteiger partial charge in [-0.2, -0.15) is 5.10 Å². The Morgan fingerprint density at radius 1 is 1.35 bits per heavy atom. The first-order valence-corrected chi connectivity index (χ1v) is 5.25. The van der Waals surface area contributed by atoms with Crippen molar-refractivity contribution >= 4 is 23.5 Å². The van der Waals surface area contributed by atoms with Gasteiger partial charge in [0, 0.05) is 18.0 Å². The van der Waals surface area contributed by atoms with E-state index in [0.717, 1.165) is 11.3 Å². The van der Waals surface area contributed by atoms with Gasteiger partial charge in [-0.15, -0.1) is 0 Å². The molecule has 0 aliphatic carbocycles. The number of nitrogens with two attached hydrogens (primary N) is 1. The van der Waals surface area contributed by atoms with E-state index in [2.05, 4.69) is 27.7 Å². The van der Waals surface area contributed by atoms with Gasteiger partial charge in [0.1, 0.15) is 11.5 Å². The minimum atomic E-state index is 0.113. The zero-order valence-electron chi connectivity index (χ0n) is 8.83. The Morgan fingerprint density at radius 2 is 2.12 bits per heavy atom. The molecule has 86 valence electrons. The molecule has 2 aromatic rings. The van der Waals surface area contributed by atoms with Crippen molar-refractivity contribution in [3.8, 4) is 11.3 Å².